The molecule has 0 rings (SSSR count). The van der Waals surface area contributed by atoms with Crippen LogP contribution in [0.5, 0.6) is 0 Å². The topological polar surface area (TPSA) is 74.3 Å². The summed E-state index contributed by atoms with van der Waals surface area (Å²) in [5.74, 6) is 0. The Balaban J connectivity index is 4.10. The van der Waals surface area contributed by atoms with Crippen LogP contribution in [-0.4, -0.2) is 45.4 Å². The molecule has 0 bridgehead atoms. The Hall–Kier alpha value is -0.420. The lowest BCUT2D eigenvalue weighted by molar-refractivity contribution is 0.228. The van der Waals surface area contributed by atoms with Crippen molar-refractivity contribution in [3.05, 3.63) is 11.8 Å². The van der Waals surface area contributed by atoms with Crippen molar-refractivity contribution in [2.75, 3.05) is 40.5 Å². The molecule has 0 aromatic carbocycles. The van der Waals surface area contributed by atoms with E-state index in [2.05, 4.69) is 0 Å². The fraction of sp³-hybridized carbons (Fsp3) is 0.833. The van der Waals surface area contributed by atoms with Crippen molar-refractivity contribution in [2.24, 2.45) is 0 Å². The fourth-order valence-corrected chi connectivity index (χ4v) is 2.46. The molecule has 0 N–H and O–H groups in total. The zero-order valence-electron chi connectivity index (χ0n) is 13.1. The van der Waals surface area contributed by atoms with Crippen LogP contribution in [0.2, 0.25) is 0 Å². The lowest BCUT2D eigenvalue weighted by Crippen LogP contribution is -2.06. The normalized spacial score (nSPS) is 12.0. The van der Waals surface area contributed by atoms with Gasteiger partial charge < -0.3 is 4.90 Å². The van der Waals surface area contributed by atoms with Crippen molar-refractivity contribution in [1.82, 2.24) is 4.90 Å². The predicted octanol–water partition coefficient (Wildman–Crippen LogP) is 3.63. The molecule has 122 valence electrons. The average Bonchev–Trinajstić information content (AvgIpc) is 2.38. The number of hydrogen-bond acceptors (Lipinski definition) is 7. The van der Waals surface area contributed by atoms with E-state index in [1.807, 2.05) is 25.2 Å². The van der Waals surface area contributed by atoms with Crippen LogP contribution in [0.25, 0.3) is 0 Å². The van der Waals surface area contributed by atoms with Gasteiger partial charge in [-0.2, -0.15) is 0 Å². The zero-order valence-corrected chi connectivity index (χ0v) is 14.9. The summed E-state index contributed by atoms with van der Waals surface area (Å²) in [6, 6.07) is 0. The van der Waals surface area contributed by atoms with Crippen LogP contribution in [0.1, 0.15) is 26.7 Å². The number of nitrogens with zero attached hydrogens (tertiary/aromatic N) is 1. The quantitative estimate of drug-likeness (QED) is 0.474. The SMILES string of the molecule is CCO[P+](=O)OCCC(=CN(C)C)CCO[P+](=O)OCC. The third-order valence-electron chi connectivity index (χ3n) is 2.15. The lowest BCUT2D eigenvalue weighted by Gasteiger charge is -2.09. The molecule has 7 nitrogen and oxygen atoms in total. The first-order valence-corrected chi connectivity index (χ1v) is 9.00. The first kappa shape index (κ1) is 20.6. The second-order valence-electron chi connectivity index (χ2n) is 4.20. The van der Waals surface area contributed by atoms with E-state index < -0.39 is 16.5 Å². The van der Waals surface area contributed by atoms with Crippen molar-refractivity contribution in [1.29, 1.82) is 0 Å². The lowest BCUT2D eigenvalue weighted by atomic mass is 10.1. The summed E-state index contributed by atoms with van der Waals surface area (Å²) in [5, 5.41) is 0. The molecular formula is C12H25NO6P2+2. The van der Waals surface area contributed by atoms with Crippen molar-refractivity contribution in [2.45, 2.75) is 26.7 Å². The molecule has 0 spiro atoms. The standard InChI is InChI=1S/C12H25NO6P2/c1-5-16-20(14)18-9-7-12(11-13(3)4)8-10-19-21(15)17-6-2/h11H,5-10H2,1-4H3/q+2. The van der Waals surface area contributed by atoms with Gasteiger partial charge in [-0.05, 0) is 38.5 Å². The highest BCUT2D eigenvalue weighted by atomic mass is 31.1. The maximum Gasteiger partial charge on any atom is 0.697 e. The van der Waals surface area contributed by atoms with Gasteiger partial charge in [-0.3, -0.25) is 0 Å². The van der Waals surface area contributed by atoms with Crippen LogP contribution in [-0.2, 0) is 27.2 Å². The number of rotatable bonds is 13. The van der Waals surface area contributed by atoms with Gasteiger partial charge in [0.15, 0.2) is 0 Å². The predicted molar refractivity (Wildman–Crippen MR) is 81.4 cm³/mol. The Labute approximate surface area is 128 Å². The molecule has 21 heavy (non-hydrogen) atoms. The van der Waals surface area contributed by atoms with Gasteiger partial charge in [-0.15, -0.1) is 18.1 Å². The highest BCUT2D eigenvalue weighted by Gasteiger charge is 2.20. The second-order valence-corrected chi connectivity index (χ2v) is 6.13. The molecule has 0 aliphatic rings. The van der Waals surface area contributed by atoms with Gasteiger partial charge in [0, 0.05) is 23.2 Å². The molecule has 0 aromatic rings. The molecule has 2 atom stereocenters. The van der Waals surface area contributed by atoms with E-state index in [1.165, 1.54) is 0 Å². The molecule has 0 fully saturated rings. The Bertz CT molecular complexity index is 323. The average molecular weight is 341 g/mol. The maximum absolute atomic E-state index is 11.2. The molecule has 2 unspecified atom stereocenters. The van der Waals surface area contributed by atoms with Crippen molar-refractivity contribution < 1.29 is 27.2 Å². The molecule has 0 saturated heterocycles. The van der Waals surface area contributed by atoms with E-state index in [4.69, 9.17) is 18.1 Å². The van der Waals surface area contributed by atoms with Crippen molar-refractivity contribution in [3.63, 3.8) is 0 Å². The van der Waals surface area contributed by atoms with Gasteiger partial charge in [0.05, 0.1) is 0 Å². The van der Waals surface area contributed by atoms with E-state index in [-0.39, 0.29) is 0 Å². The van der Waals surface area contributed by atoms with Gasteiger partial charge in [-0.1, -0.05) is 0 Å². The largest absolute Gasteiger partial charge is 0.697 e. The van der Waals surface area contributed by atoms with E-state index in [9.17, 15) is 9.13 Å². The Morgan fingerprint density at radius 3 is 1.67 bits per heavy atom. The van der Waals surface area contributed by atoms with Crippen LogP contribution >= 0.6 is 16.5 Å². The highest BCUT2D eigenvalue weighted by Crippen LogP contribution is 2.26. The summed E-state index contributed by atoms with van der Waals surface area (Å²) in [6.45, 7) is 4.82. The van der Waals surface area contributed by atoms with Crippen LogP contribution in [0.15, 0.2) is 11.8 Å². The first-order chi connectivity index (χ1) is 9.99. The molecule has 0 amide bonds. The van der Waals surface area contributed by atoms with E-state index in [0.29, 0.717) is 39.3 Å². The van der Waals surface area contributed by atoms with Crippen molar-refractivity contribution in [3.8, 4) is 0 Å². The van der Waals surface area contributed by atoms with Gasteiger partial charge in [0.1, 0.15) is 26.4 Å². The molecule has 0 heterocycles. The Morgan fingerprint density at radius 2 is 1.33 bits per heavy atom. The smallest absolute Gasteiger partial charge is 0.384 e. The van der Waals surface area contributed by atoms with Crippen LogP contribution in [0.4, 0.5) is 0 Å². The summed E-state index contributed by atoms with van der Waals surface area (Å²) in [4.78, 5) is 1.90. The van der Waals surface area contributed by atoms with Crippen molar-refractivity contribution >= 4 is 16.5 Å². The monoisotopic (exact) mass is 341 g/mol. The minimum atomic E-state index is -2.05. The third kappa shape index (κ3) is 13.0. The van der Waals surface area contributed by atoms with E-state index in [1.54, 1.807) is 13.8 Å². The molecule has 0 aliphatic carbocycles. The molecule has 9 heteroatoms. The minimum Gasteiger partial charge on any atom is -0.384 e. The first-order valence-electron chi connectivity index (χ1n) is 6.81. The van der Waals surface area contributed by atoms with E-state index >= 15 is 0 Å². The molecule has 0 aliphatic heterocycles. The molecule has 0 saturated carbocycles. The number of hydrogen-bond donors (Lipinski definition) is 0. The van der Waals surface area contributed by atoms with Gasteiger partial charge in [-0.25, -0.2) is 0 Å². The maximum atomic E-state index is 11.2. The molecule has 0 aromatic heterocycles. The van der Waals surface area contributed by atoms with Crippen LogP contribution in [0, 0.1) is 0 Å². The summed E-state index contributed by atoms with van der Waals surface area (Å²) >= 11 is 0. The van der Waals surface area contributed by atoms with Crippen LogP contribution in [0.3, 0.4) is 0 Å². The summed E-state index contributed by atoms with van der Waals surface area (Å²) in [7, 11) is -0.286. The Kier molecular flexibility index (Phi) is 13.0. The molecular weight excluding hydrogens is 316 g/mol. The Morgan fingerprint density at radius 1 is 0.905 bits per heavy atom. The third-order valence-corrected chi connectivity index (χ3v) is 3.87. The summed E-state index contributed by atoms with van der Waals surface area (Å²) in [5.41, 5.74) is 1.04. The minimum absolute atomic E-state index is 0.298. The second kappa shape index (κ2) is 13.3. The van der Waals surface area contributed by atoms with Gasteiger partial charge >= 0.3 is 16.5 Å². The van der Waals surface area contributed by atoms with E-state index in [0.717, 1.165) is 5.57 Å². The summed E-state index contributed by atoms with van der Waals surface area (Å²) in [6.07, 6.45) is 3.14. The zero-order chi connectivity index (χ0) is 16.1. The highest BCUT2D eigenvalue weighted by molar-refractivity contribution is 7.33. The van der Waals surface area contributed by atoms with Gasteiger partial charge in [0.2, 0.25) is 0 Å². The van der Waals surface area contributed by atoms with Gasteiger partial charge in [0.25, 0.3) is 0 Å². The summed E-state index contributed by atoms with van der Waals surface area (Å²) < 4.78 is 42.2. The van der Waals surface area contributed by atoms with Crippen LogP contribution < -0.4 is 0 Å². The molecule has 0 radical (unpaired) electrons. The fourth-order valence-electron chi connectivity index (χ4n) is 1.41.